The molecule has 1 aliphatic rings. The first-order chi connectivity index (χ1) is 11.7. The van der Waals surface area contributed by atoms with Crippen LogP contribution in [0.15, 0.2) is 54.6 Å². The van der Waals surface area contributed by atoms with Gasteiger partial charge in [0, 0.05) is 32.7 Å². The molecule has 2 aromatic rings. The van der Waals surface area contributed by atoms with Crippen LogP contribution in [0.1, 0.15) is 23.1 Å². The molecule has 0 bridgehead atoms. The van der Waals surface area contributed by atoms with Gasteiger partial charge in [-0.1, -0.05) is 54.6 Å². The highest BCUT2D eigenvalue weighted by atomic mass is 16.2. The van der Waals surface area contributed by atoms with Crippen molar-refractivity contribution < 1.29 is 4.79 Å². The van der Waals surface area contributed by atoms with Gasteiger partial charge in [-0.25, -0.2) is 0 Å². The molecule has 1 saturated heterocycles. The summed E-state index contributed by atoms with van der Waals surface area (Å²) in [6.45, 7) is 6.76. The summed E-state index contributed by atoms with van der Waals surface area (Å²) in [4.78, 5) is 17.1. The maximum absolute atomic E-state index is 12.6. The Balaban J connectivity index is 1.55. The lowest BCUT2D eigenvalue weighted by Gasteiger charge is -2.22. The molecule has 0 atom stereocenters. The third-order valence-corrected chi connectivity index (χ3v) is 4.79. The largest absolute Gasteiger partial charge is 0.341 e. The zero-order chi connectivity index (χ0) is 16.8. The van der Waals surface area contributed by atoms with Gasteiger partial charge >= 0.3 is 0 Å². The Morgan fingerprint density at radius 1 is 0.917 bits per heavy atom. The quantitative estimate of drug-likeness (QED) is 0.862. The van der Waals surface area contributed by atoms with Crippen molar-refractivity contribution in [1.82, 2.24) is 9.80 Å². The van der Waals surface area contributed by atoms with Gasteiger partial charge in [0.1, 0.15) is 0 Å². The maximum atomic E-state index is 12.6. The summed E-state index contributed by atoms with van der Waals surface area (Å²) in [6.07, 6.45) is 1.57. The van der Waals surface area contributed by atoms with Gasteiger partial charge in [0.2, 0.25) is 5.91 Å². The molecule has 1 amide bonds. The molecule has 24 heavy (non-hydrogen) atoms. The van der Waals surface area contributed by atoms with E-state index in [4.69, 9.17) is 0 Å². The van der Waals surface area contributed by atoms with Crippen LogP contribution in [0.3, 0.4) is 0 Å². The topological polar surface area (TPSA) is 23.6 Å². The molecule has 1 heterocycles. The monoisotopic (exact) mass is 322 g/mol. The summed E-state index contributed by atoms with van der Waals surface area (Å²) in [6, 6.07) is 18.8. The van der Waals surface area contributed by atoms with E-state index in [2.05, 4.69) is 54.3 Å². The molecule has 0 spiro atoms. The normalized spacial score (nSPS) is 16.0. The summed E-state index contributed by atoms with van der Waals surface area (Å²) < 4.78 is 0. The molecule has 0 saturated carbocycles. The predicted molar refractivity (Wildman–Crippen MR) is 97.8 cm³/mol. The van der Waals surface area contributed by atoms with Gasteiger partial charge in [0.15, 0.2) is 0 Å². The van der Waals surface area contributed by atoms with Crippen molar-refractivity contribution in [3.63, 3.8) is 0 Å². The molecular formula is C21H26N2O. The zero-order valence-corrected chi connectivity index (χ0v) is 14.4. The second-order valence-corrected chi connectivity index (χ2v) is 6.60. The Kier molecular flexibility index (Phi) is 5.65. The number of nitrogens with zero attached hydrogens (tertiary/aromatic N) is 2. The lowest BCUT2D eigenvalue weighted by molar-refractivity contribution is -0.130. The molecule has 1 fully saturated rings. The van der Waals surface area contributed by atoms with Crippen LogP contribution in [0.5, 0.6) is 0 Å². The molecule has 0 N–H and O–H groups in total. The average molecular weight is 322 g/mol. The molecule has 0 aliphatic carbocycles. The van der Waals surface area contributed by atoms with Crippen LogP contribution in [-0.2, 0) is 17.8 Å². The number of hydrogen-bond donors (Lipinski definition) is 0. The van der Waals surface area contributed by atoms with E-state index in [1.165, 1.54) is 11.1 Å². The number of carbonyl (C=O) groups is 1. The Hall–Kier alpha value is -2.13. The van der Waals surface area contributed by atoms with Crippen LogP contribution in [0.4, 0.5) is 0 Å². The first-order valence-electron chi connectivity index (χ1n) is 8.81. The standard InChI is InChI=1S/C21H26N2O/c1-18-8-5-6-11-20(18)16-21(24)23-13-7-12-22(14-15-23)17-19-9-3-2-4-10-19/h2-6,8-11H,7,12-17H2,1H3. The Morgan fingerprint density at radius 2 is 1.67 bits per heavy atom. The van der Waals surface area contributed by atoms with Gasteiger partial charge in [-0.3, -0.25) is 9.69 Å². The number of carbonyl (C=O) groups excluding carboxylic acids is 1. The zero-order valence-electron chi connectivity index (χ0n) is 14.4. The molecule has 3 heteroatoms. The van der Waals surface area contributed by atoms with E-state index < -0.39 is 0 Å². The Labute approximate surface area is 144 Å². The molecule has 0 unspecified atom stereocenters. The van der Waals surface area contributed by atoms with E-state index in [0.29, 0.717) is 6.42 Å². The van der Waals surface area contributed by atoms with Crippen molar-refractivity contribution >= 4 is 5.91 Å². The molecule has 0 radical (unpaired) electrons. The number of amides is 1. The average Bonchev–Trinajstić information content (AvgIpc) is 2.83. The number of rotatable bonds is 4. The van der Waals surface area contributed by atoms with Crippen molar-refractivity contribution in [2.45, 2.75) is 26.3 Å². The first-order valence-corrected chi connectivity index (χ1v) is 8.81. The van der Waals surface area contributed by atoms with Gasteiger partial charge in [-0.15, -0.1) is 0 Å². The third kappa shape index (κ3) is 4.45. The Morgan fingerprint density at radius 3 is 2.46 bits per heavy atom. The molecule has 1 aliphatic heterocycles. The summed E-state index contributed by atoms with van der Waals surface area (Å²) in [5.74, 6) is 0.255. The van der Waals surface area contributed by atoms with Crippen molar-refractivity contribution in [2.24, 2.45) is 0 Å². The van der Waals surface area contributed by atoms with Crippen LogP contribution in [0.2, 0.25) is 0 Å². The fourth-order valence-corrected chi connectivity index (χ4v) is 3.30. The van der Waals surface area contributed by atoms with Gasteiger partial charge < -0.3 is 4.90 Å². The number of aryl methyl sites for hydroxylation is 1. The van der Waals surface area contributed by atoms with E-state index in [9.17, 15) is 4.79 Å². The van der Waals surface area contributed by atoms with Crippen LogP contribution < -0.4 is 0 Å². The van der Waals surface area contributed by atoms with Crippen molar-refractivity contribution in [3.05, 3.63) is 71.3 Å². The molecule has 2 aromatic carbocycles. The summed E-state index contributed by atoms with van der Waals surface area (Å²) in [5.41, 5.74) is 3.69. The van der Waals surface area contributed by atoms with Gasteiger partial charge in [-0.2, -0.15) is 0 Å². The smallest absolute Gasteiger partial charge is 0.227 e. The highest BCUT2D eigenvalue weighted by Crippen LogP contribution is 2.12. The van der Waals surface area contributed by atoms with E-state index in [1.807, 2.05) is 17.0 Å². The lowest BCUT2D eigenvalue weighted by Crippen LogP contribution is -2.36. The van der Waals surface area contributed by atoms with Gasteiger partial charge in [0.25, 0.3) is 0 Å². The van der Waals surface area contributed by atoms with Crippen LogP contribution >= 0.6 is 0 Å². The van der Waals surface area contributed by atoms with E-state index in [-0.39, 0.29) is 5.91 Å². The van der Waals surface area contributed by atoms with Crippen LogP contribution in [-0.4, -0.2) is 41.9 Å². The first kappa shape index (κ1) is 16.7. The van der Waals surface area contributed by atoms with E-state index in [1.54, 1.807) is 0 Å². The molecule has 3 nitrogen and oxygen atoms in total. The highest BCUT2D eigenvalue weighted by Gasteiger charge is 2.19. The fourth-order valence-electron chi connectivity index (χ4n) is 3.30. The third-order valence-electron chi connectivity index (χ3n) is 4.79. The minimum atomic E-state index is 0.255. The maximum Gasteiger partial charge on any atom is 0.227 e. The van der Waals surface area contributed by atoms with Crippen molar-refractivity contribution in [3.8, 4) is 0 Å². The van der Waals surface area contributed by atoms with Crippen LogP contribution in [0.25, 0.3) is 0 Å². The minimum absolute atomic E-state index is 0.255. The molecular weight excluding hydrogens is 296 g/mol. The summed E-state index contributed by atoms with van der Waals surface area (Å²) >= 11 is 0. The number of benzene rings is 2. The van der Waals surface area contributed by atoms with E-state index >= 15 is 0 Å². The van der Waals surface area contributed by atoms with E-state index in [0.717, 1.165) is 44.7 Å². The molecule has 3 rings (SSSR count). The van der Waals surface area contributed by atoms with Gasteiger partial charge in [-0.05, 0) is 30.0 Å². The minimum Gasteiger partial charge on any atom is -0.341 e. The van der Waals surface area contributed by atoms with Gasteiger partial charge in [0.05, 0.1) is 6.42 Å². The fraction of sp³-hybridized carbons (Fsp3) is 0.381. The number of hydrogen-bond acceptors (Lipinski definition) is 2. The molecule has 0 aromatic heterocycles. The van der Waals surface area contributed by atoms with Crippen LogP contribution in [0, 0.1) is 6.92 Å². The lowest BCUT2D eigenvalue weighted by atomic mass is 10.1. The predicted octanol–water partition coefficient (Wildman–Crippen LogP) is 3.27. The van der Waals surface area contributed by atoms with Crippen molar-refractivity contribution in [2.75, 3.05) is 26.2 Å². The summed E-state index contributed by atoms with van der Waals surface area (Å²) in [7, 11) is 0. The SMILES string of the molecule is Cc1ccccc1CC(=O)N1CCCN(Cc2ccccc2)CC1. The summed E-state index contributed by atoms with van der Waals surface area (Å²) in [5, 5.41) is 0. The second-order valence-electron chi connectivity index (χ2n) is 6.60. The highest BCUT2D eigenvalue weighted by molar-refractivity contribution is 5.79. The Bertz CT molecular complexity index is 669. The second kappa shape index (κ2) is 8.11. The van der Waals surface area contributed by atoms with Crippen molar-refractivity contribution in [1.29, 1.82) is 0 Å². The molecule has 126 valence electrons.